The van der Waals surface area contributed by atoms with Crippen molar-refractivity contribution >= 4 is 28.9 Å². The van der Waals surface area contributed by atoms with E-state index in [9.17, 15) is 4.79 Å². The first-order chi connectivity index (χ1) is 10.0. The van der Waals surface area contributed by atoms with Crippen LogP contribution in [0.15, 0.2) is 18.2 Å². The molecule has 1 aromatic rings. The van der Waals surface area contributed by atoms with E-state index in [-0.39, 0.29) is 5.91 Å². The van der Waals surface area contributed by atoms with Crippen molar-refractivity contribution in [2.24, 2.45) is 5.92 Å². The molecule has 116 valence electrons. The maximum Gasteiger partial charge on any atom is 0.224 e. The molecule has 3 N–H and O–H groups in total. The summed E-state index contributed by atoms with van der Waals surface area (Å²) < 4.78 is 0. The van der Waals surface area contributed by atoms with E-state index in [1.54, 1.807) is 18.2 Å². The highest BCUT2D eigenvalue weighted by Gasteiger charge is 2.15. The number of anilines is 2. The standard InChI is InChI=1S/C16H24ClN3O/c1-12-6-9-20(10-7-12)8-2-3-16(21)19-13-4-5-14(17)15(18)11-13/h4-5,11-12H,2-3,6-10,18H2,1H3,(H,19,21). The van der Waals surface area contributed by atoms with E-state index in [0.717, 1.165) is 32.0 Å². The SMILES string of the molecule is CC1CCN(CCCC(=O)Nc2ccc(Cl)c(N)c2)CC1. The van der Waals surface area contributed by atoms with Crippen molar-refractivity contribution in [3.8, 4) is 0 Å². The Labute approximate surface area is 131 Å². The summed E-state index contributed by atoms with van der Waals surface area (Å²) in [5.41, 5.74) is 6.90. The van der Waals surface area contributed by atoms with Gasteiger partial charge in [0.1, 0.15) is 0 Å². The van der Waals surface area contributed by atoms with E-state index < -0.39 is 0 Å². The molecule has 5 heteroatoms. The molecular weight excluding hydrogens is 286 g/mol. The van der Waals surface area contributed by atoms with Gasteiger partial charge in [0.05, 0.1) is 10.7 Å². The minimum atomic E-state index is 0.0297. The molecule has 4 nitrogen and oxygen atoms in total. The molecule has 21 heavy (non-hydrogen) atoms. The van der Waals surface area contributed by atoms with Crippen LogP contribution in [0.5, 0.6) is 0 Å². The summed E-state index contributed by atoms with van der Waals surface area (Å²) >= 11 is 5.85. The highest BCUT2D eigenvalue weighted by Crippen LogP contribution is 2.22. The van der Waals surface area contributed by atoms with Crippen molar-refractivity contribution in [1.29, 1.82) is 0 Å². The van der Waals surface area contributed by atoms with Gasteiger partial charge in [-0.2, -0.15) is 0 Å². The van der Waals surface area contributed by atoms with Crippen LogP contribution in [0, 0.1) is 5.92 Å². The summed E-state index contributed by atoms with van der Waals surface area (Å²) in [5, 5.41) is 3.37. The molecule has 1 amide bonds. The number of halogens is 1. The zero-order chi connectivity index (χ0) is 15.2. The van der Waals surface area contributed by atoms with Gasteiger partial charge >= 0.3 is 0 Å². The third-order valence-corrected chi connectivity index (χ3v) is 4.38. The maximum absolute atomic E-state index is 11.9. The van der Waals surface area contributed by atoms with Gasteiger partial charge in [0.25, 0.3) is 0 Å². The number of nitrogens with zero attached hydrogens (tertiary/aromatic N) is 1. The number of carbonyl (C=O) groups is 1. The highest BCUT2D eigenvalue weighted by molar-refractivity contribution is 6.33. The molecule has 1 aromatic carbocycles. The Morgan fingerprint density at radius 1 is 1.43 bits per heavy atom. The monoisotopic (exact) mass is 309 g/mol. The van der Waals surface area contributed by atoms with E-state index in [4.69, 9.17) is 17.3 Å². The lowest BCUT2D eigenvalue weighted by molar-refractivity contribution is -0.116. The van der Waals surface area contributed by atoms with Gasteiger partial charge in [-0.1, -0.05) is 18.5 Å². The molecule has 0 saturated carbocycles. The summed E-state index contributed by atoms with van der Waals surface area (Å²) in [7, 11) is 0. The smallest absolute Gasteiger partial charge is 0.224 e. The predicted octanol–water partition coefficient (Wildman–Crippen LogP) is 3.37. The molecule has 0 radical (unpaired) electrons. The Morgan fingerprint density at radius 2 is 2.14 bits per heavy atom. The lowest BCUT2D eigenvalue weighted by Crippen LogP contribution is -2.33. The molecule has 2 rings (SSSR count). The van der Waals surface area contributed by atoms with E-state index >= 15 is 0 Å². The van der Waals surface area contributed by atoms with Gasteiger partial charge in [0.15, 0.2) is 0 Å². The van der Waals surface area contributed by atoms with E-state index in [1.807, 2.05) is 0 Å². The van der Waals surface area contributed by atoms with Crippen molar-refractivity contribution in [3.05, 3.63) is 23.2 Å². The third-order valence-electron chi connectivity index (χ3n) is 4.03. The third kappa shape index (κ3) is 5.21. The molecule has 0 aromatic heterocycles. The molecule has 1 aliphatic heterocycles. The Bertz CT molecular complexity index is 484. The zero-order valence-electron chi connectivity index (χ0n) is 12.6. The number of rotatable bonds is 5. The van der Waals surface area contributed by atoms with Gasteiger partial charge < -0.3 is 16.0 Å². The molecular formula is C16H24ClN3O. The fourth-order valence-corrected chi connectivity index (χ4v) is 2.71. The molecule has 0 atom stereocenters. The summed E-state index contributed by atoms with van der Waals surface area (Å²) in [6.07, 6.45) is 3.98. The average Bonchev–Trinajstić information content (AvgIpc) is 2.45. The molecule has 0 spiro atoms. The number of amides is 1. The van der Waals surface area contributed by atoms with Crippen LogP contribution in [0.3, 0.4) is 0 Å². The van der Waals surface area contributed by atoms with Crippen LogP contribution < -0.4 is 11.1 Å². The van der Waals surface area contributed by atoms with Crippen molar-refractivity contribution in [1.82, 2.24) is 4.90 Å². The Hall–Kier alpha value is -1.26. The molecule has 1 heterocycles. The molecule has 1 saturated heterocycles. The van der Waals surface area contributed by atoms with E-state index in [0.29, 0.717) is 22.8 Å². The van der Waals surface area contributed by atoms with Crippen molar-refractivity contribution < 1.29 is 4.79 Å². The minimum absolute atomic E-state index is 0.0297. The number of piperidine rings is 1. The van der Waals surface area contributed by atoms with E-state index in [1.165, 1.54) is 12.8 Å². The first-order valence-corrected chi connectivity index (χ1v) is 7.99. The fourth-order valence-electron chi connectivity index (χ4n) is 2.59. The summed E-state index contributed by atoms with van der Waals surface area (Å²) in [4.78, 5) is 14.4. The number of nitrogen functional groups attached to an aromatic ring is 1. The van der Waals surface area contributed by atoms with Crippen molar-refractivity contribution in [3.63, 3.8) is 0 Å². The fraction of sp³-hybridized carbons (Fsp3) is 0.562. The van der Waals surface area contributed by atoms with Gasteiger partial charge in [-0.05, 0) is 63.0 Å². The minimum Gasteiger partial charge on any atom is -0.397 e. The summed E-state index contributed by atoms with van der Waals surface area (Å²) in [6.45, 7) is 5.64. The quantitative estimate of drug-likeness (QED) is 0.820. The first kappa shape index (κ1) is 16.1. The molecule has 0 aliphatic carbocycles. The molecule has 1 aliphatic rings. The van der Waals surface area contributed by atoms with Crippen molar-refractivity contribution in [2.75, 3.05) is 30.7 Å². The topological polar surface area (TPSA) is 58.4 Å². The Kier molecular flexibility index (Phi) is 5.88. The second kappa shape index (κ2) is 7.66. The number of hydrogen-bond donors (Lipinski definition) is 2. The molecule has 0 unspecified atom stereocenters. The van der Waals surface area contributed by atoms with Crippen LogP contribution in [0.1, 0.15) is 32.6 Å². The molecule has 0 bridgehead atoms. The predicted molar refractivity (Wildman–Crippen MR) is 88.6 cm³/mol. The normalized spacial score (nSPS) is 16.9. The van der Waals surface area contributed by atoms with Gasteiger partial charge in [0.2, 0.25) is 5.91 Å². The number of hydrogen-bond acceptors (Lipinski definition) is 3. The van der Waals surface area contributed by atoms with Crippen LogP contribution in [0.2, 0.25) is 5.02 Å². The number of carbonyl (C=O) groups excluding carboxylic acids is 1. The average molecular weight is 310 g/mol. The van der Waals surface area contributed by atoms with Crippen LogP contribution >= 0.6 is 11.6 Å². The van der Waals surface area contributed by atoms with Crippen LogP contribution in [-0.4, -0.2) is 30.4 Å². The molecule has 1 fully saturated rings. The summed E-state index contributed by atoms with van der Waals surface area (Å²) in [5.74, 6) is 0.877. The van der Waals surface area contributed by atoms with Crippen LogP contribution in [0.4, 0.5) is 11.4 Å². The Balaban J connectivity index is 1.68. The van der Waals surface area contributed by atoms with Gasteiger partial charge in [-0.3, -0.25) is 4.79 Å². The second-order valence-corrected chi connectivity index (χ2v) is 6.32. The zero-order valence-corrected chi connectivity index (χ0v) is 13.3. The second-order valence-electron chi connectivity index (χ2n) is 5.91. The number of nitrogens with one attached hydrogen (secondary N) is 1. The van der Waals surface area contributed by atoms with Gasteiger partial charge in [0, 0.05) is 12.1 Å². The van der Waals surface area contributed by atoms with Gasteiger partial charge in [-0.25, -0.2) is 0 Å². The highest BCUT2D eigenvalue weighted by atomic mass is 35.5. The maximum atomic E-state index is 11.9. The summed E-state index contributed by atoms with van der Waals surface area (Å²) in [6, 6.07) is 5.15. The lowest BCUT2D eigenvalue weighted by Gasteiger charge is -2.29. The lowest BCUT2D eigenvalue weighted by atomic mass is 9.99. The first-order valence-electron chi connectivity index (χ1n) is 7.62. The van der Waals surface area contributed by atoms with Crippen LogP contribution in [-0.2, 0) is 4.79 Å². The van der Waals surface area contributed by atoms with Gasteiger partial charge in [-0.15, -0.1) is 0 Å². The number of benzene rings is 1. The number of likely N-dealkylation sites (tertiary alicyclic amines) is 1. The largest absolute Gasteiger partial charge is 0.397 e. The Morgan fingerprint density at radius 3 is 2.81 bits per heavy atom. The number of nitrogens with two attached hydrogens (primary N) is 1. The van der Waals surface area contributed by atoms with E-state index in [2.05, 4.69) is 17.1 Å². The van der Waals surface area contributed by atoms with Crippen LogP contribution in [0.25, 0.3) is 0 Å². The van der Waals surface area contributed by atoms with Crippen molar-refractivity contribution in [2.45, 2.75) is 32.6 Å².